The van der Waals surface area contributed by atoms with E-state index in [2.05, 4.69) is 50.7 Å². The molecular formula is C43H48Cl2N6O7S. The number of anilines is 2. The van der Waals surface area contributed by atoms with Gasteiger partial charge in [0.1, 0.15) is 17.2 Å². The third-order valence-corrected chi connectivity index (χ3v) is 12.8. The van der Waals surface area contributed by atoms with Crippen molar-refractivity contribution in [1.82, 2.24) is 14.5 Å². The number of sulfonamides is 1. The average Bonchev–Trinajstić information content (AvgIpc) is 3.20. The van der Waals surface area contributed by atoms with Crippen LogP contribution in [-0.4, -0.2) is 100 Å². The largest absolute Gasteiger partial charge is 0.456 e. The highest BCUT2D eigenvalue weighted by atomic mass is 35.5. The molecule has 4 aromatic rings. The van der Waals surface area contributed by atoms with E-state index in [1.165, 1.54) is 29.3 Å². The molecule has 0 saturated carbocycles. The first-order chi connectivity index (χ1) is 28.1. The fourth-order valence-corrected chi connectivity index (χ4v) is 8.99. The van der Waals surface area contributed by atoms with E-state index in [0.717, 1.165) is 69.3 Å². The number of halogens is 2. The number of benzene rings is 4. The fraction of sp³-hybridized carbons (Fsp3) is 0.372. The first kappa shape index (κ1) is 42.4. The van der Waals surface area contributed by atoms with Crippen LogP contribution in [0.15, 0.2) is 95.4 Å². The Morgan fingerprint density at radius 3 is 2.36 bits per heavy atom. The van der Waals surface area contributed by atoms with Gasteiger partial charge in [-0.25, -0.2) is 13.1 Å². The lowest BCUT2D eigenvalue weighted by molar-refractivity contribution is -0.384. The van der Waals surface area contributed by atoms with E-state index >= 15 is 0 Å². The molecule has 1 amide bonds. The number of rotatable bonds is 12. The van der Waals surface area contributed by atoms with Crippen molar-refractivity contribution in [3.63, 3.8) is 0 Å². The number of piperazine rings is 1. The lowest BCUT2D eigenvalue weighted by Crippen LogP contribution is -2.47. The molecule has 0 unspecified atom stereocenters. The van der Waals surface area contributed by atoms with E-state index in [0.29, 0.717) is 35.5 Å². The zero-order chi connectivity index (χ0) is 41.9. The Bertz CT molecular complexity index is 2340. The highest BCUT2D eigenvalue weighted by Crippen LogP contribution is 2.37. The average molecular weight is 864 g/mol. The molecule has 2 N–H and O–H groups in total. The number of nitrogens with one attached hydrogen (secondary N) is 2. The van der Waals surface area contributed by atoms with E-state index in [1.54, 1.807) is 36.4 Å². The van der Waals surface area contributed by atoms with Crippen molar-refractivity contribution < 1.29 is 27.6 Å². The van der Waals surface area contributed by atoms with Gasteiger partial charge in [-0.2, -0.15) is 0 Å². The first-order valence-corrected chi connectivity index (χ1v) is 21.8. The van der Waals surface area contributed by atoms with Gasteiger partial charge in [0, 0.05) is 73.1 Å². The van der Waals surface area contributed by atoms with Crippen LogP contribution < -0.4 is 19.7 Å². The molecule has 0 spiro atoms. The molecule has 2 saturated heterocycles. The Hall–Kier alpha value is -4.70. The smallest absolute Gasteiger partial charge is 0.293 e. The monoisotopic (exact) mass is 862 g/mol. The maximum Gasteiger partial charge on any atom is 0.293 e. The Kier molecular flexibility index (Phi) is 12.9. The third kappa shape index (κ3) is 10.6. The number of nitro groups is 1. The molecule has 0 aromatic heterocycles. The van der Waals surface area contributed by atoms with Crippen molar-refractivity contribution in [2.75, 3.05) is 69.7 Å². The quantitative estimate of drug-likeness (QED) is 0.105. The van der Waals surface area contributed by atoms with Crippen molar-refractivity contribution >= 4 is 61.8 Å². The van der Waals surface area contributed by atoms with Crippen LogP contribution in [0.3, 0.4) is 0 Å². The van der Waals surface area contributed by atoms with E-state index < -0.39 is 31.4 Å². The van der Waals surface area contributed by atoms with E-state index in [4.69, 9.17) is 32.7 Å². The van der Waals surface area contributed by atoms with E-state index in [9.17, 15) is 23.3 Å². The minimum Gasteiger partial charge on any atom is -0.456 e. The molecule has 16 heteroatoms. The van der Waals surface area contributed by atoms with Crippen molar-refractivity contribution in [2.24, 2.45) is 0 Å². The van der Waals surface area contributed by atoms with Gasteiger partial charge >= 0.3 is 0 Å². The van der Waals surface area contributed by atoms with Crippen molar-refractivity contribution in [3.8, 4) is 11.5 Å². The highest BCUT2D eigenvalue weighted by Gasteiger charge is 2.31. The first-order valence-electron chi connectivity index (χ1n) is 19.6. The van der Waals surface area contributed by atoms with Crippen molar-refractivity contribution in [2.45, 2.75) is 49.6 Å². The van der Waals surface area contributed by atoms with Gasteiger partial charge in [-0.3, -0.25) is 19.8 Å². The van der Waals surface area contributed by atoms with Crippen LogP contribution in [0, 0.1) is 10.1 Å². The maximum atomic E-state index is 13.8. The predicted octanol–water partition coefficient (Wildman–Crippen LogP) is 8.09. The van der Waals surface area contributed by atoms with Crippen LogP contribution >= 0.6 is 23.2 Å². The van der Waals surface area contributed by atoms with Crippen LogP contribution in [0.4, 0.5) is 17.1 Å². The summed E-state index contributed by atoms with van der Waals surface area (Å²) in [5, 5.41) is 16.4. The molecule has 59 heavy (non-hydrogen) atoms. The van der Waals surface area contributed by atoms with Gasteiger partial charge in [-0.15, -0.1) is 0 Å². The number of hydrogen-bond acceptors (Lipinski definition) is 11. The number of carbonyl (C=O) groups is 1. The summed E-state index contributed by atoms with van der Waals surface area (Å²) in [7, 11) is -2.53. The van der Waals surface area contributed by atoms with Crippen molar-refractivity contribution in [1.29, 1.82) is 0 Å². The fourth-order valence-electron chi connectivity index (χ4n) is 7.70. The SMILES string of the molecule is CN1CCC(Nc2ccc(S(=O)(=O)NC(=O)c3ccc(N4CCN(CC5=C(c6ccc(Cl)cc6)CC(C)(C)OC5)CC4)cc3Oc3cccc(Cl)c3)cc2[N+](=O)[O-])CC1. The molecule has 0 atom stereocenters. The van der Waals surface area contributed by atoms with Crippen LogP contribution in [0.5, 0.6) is 11.5 Å². The number of nitrogens with zero attached hydrogens (tertiary/aromatic N) is 4. The topological polar surface area (TPSA) is 147 Å². The number of carbonyl (C=O) groups excluding carboxylic acids is 1. The molecule has 2 fully saturated rings. The van der Waals surface area contributed by atoms with Crippen molar-refractivity contribution in [3.05, 3.63) is 122 Å². The summed E-state index contributed by atoms with van der Waals surface area (Å²) >= 11 is 12.5. The minimum absolute atomic E-state index is 0.00734. The second-order valence-electron chi connectivity index (χ2n) is 15.9. The summed E-state index contributed by atoms with van der Waals surface area (Å²) in [6.45, 7) is 10.1. The Balaban J connectivity index is 1.08. The van der Waals surface area contributed by atoms with Gasteiger partial charge in [-0.1, -0.05) is 41.4 Å². The normalized spacial score (nSPS) is 18.1. The predicted molar refractivity (Wildman–Crippen MR) is 232 cm³/mol. The Morgan fingerprint density at radius 2 is 1.66 bits per heavy atom. The van der Waals surface area contributed by atoms with Crippen LogP contribution in [-0.2, 0) is 14.8 Å². The summed E-state index contributed by atoms with van der Waals surface area (Å²) in [6, 6.07) is 23.2. The number of likely N-dealkylation sites (tertiary alicyclic amines) is 1. The molecule has 3 heterocycles. The zero-order valence-corrected chi connectivity index (χ0v) is 35.6. The van der Waals surface area contributed by atoms with Gasteiger partial charge in [-0.05, 0) is 118 Å². The molecule has 7 rings (SSSR count). The van der Waals surface area contributed by atoms with Crippen LogP contribution in [0.25, 0.3) is 5.57 Å². The molecule has 13 nitrogen and oxygen atoms in total. The Morgan fingerprint density at radius 1 is 0.932 bits per heavy atom. The van der Waals surface area contributed by atoms with Gasteiger partial charge < -0.3 is 24.6 Å². The molecule has 3 aliphatic rings. The van der Waals surface area contributed by atoms with Gasteiger partial charge in [0.25, 0.3) is 21.6 Å². The van der Waals surface area contributed by atoms with Crippen LogP contribution in [0.1, 0.15) is 49.0 Å². The zero-order valence-electron chi connectivity index (χ0n) is 33.2. The van der Waals surface area contributed by atoms with Crippen LogP contribution in [0.2, 0.25) is 10.0 Å². The Labute approximate surface area is 355 Å². The molecule has 4 aromatic carbocycles. The second-order valence-corrected chi connectivity index (χ2v) is 18.5. The van der Waals surface area contributed by atoms with Gasteiger partial charge in [0.15, 0.2) is 0 Å². The summed E-state index contributed by atoms with van der Waals surface area (Å²) in [5.41, 5.74) is 3.97. The number of piperidine rings is 1. The number of ether oxygens (including phenoxy) is 2. The molecule has 312 valence electrons. The molecule has 0 radical (unpaired) electrons. The summed E-state index contributed by atoms with van der Waals surface area (Å²) in [6.07, 6.45) is 2.37. The number of nitro benzene ring substituents is 1. The highest BCUT2D eigenvalue weighted by molar-refractivity contribution is 7.90. The lowest BCUT2D eigenvalue weighted by Gasteiger charge is -2.39. The molecule has 3 aliphatic heterocycles. The van der Waals surface area contributed by atoms with E-state index in [1.807, 2.05) is 19.2 Å². The summed E-state index contributed by atoms with van der Waals surface area (Å²) in [5.74, 6) is -0.497. The standard InChI is InChI=1S/C43H48Cl2N6O7S/c1-43(2)26-38(29-7-9-31(44)10-8-29)30(28-57-43)27-49-19-21-50(22-20-49)34-11-13-37(41(24-34)58-35-6-4-5-32(45)23-35)42(52)47-59(55,56)36-12-14-39(40(25-36)51(53)54)46-33-15-17-48(3)18-16-33/h4-14,23-25,33,46H,15-22,26-28H2,1-3H3,(H,47,52). The molecular weight excluding hydrogens is 815 g/mol. The molecule has 0 aliphatic carbocycles. The third-order valence-electron chi connectivity index (χ3n) is 11.0. The van der Waals surface area contributed by atoms with E-state index in [-0.39, 0.29) is 28.6 Å². The minimum atomic E-state index is -4.55. The summed E-state index contributed by atoms with van der Waals surface area (Å²) in [4.78, 5) is 31.6. The van der Waals surface area contributed by atoms with Gasteiger partial charge in [0.2, 0.25) is 0 Å². The maximum absolute atomic E-state index is 13.8. The number of hydrogen-bond donors (Lipinski definition) is 2. The summed E-state index contributed by atoms with van der Waals surface area (Å²) < 4.78 is 41.8. The van der Waals surface area contributed by atoms with Gasteiger partial charge in [0.05, 0.1) is 27.6 Å². The number of amides is 1. The lowest BCUT2D eigenvalue weighted by atomic mass is 9.87. The second kappa shape index (κ2) is 17.9. The molecule has 0 bridgehead atoms.